The third kappa shape index (κ3) is 2.79. The van der Waals surface area contributed by atoms with E-state index in [-0.39, 0.29) is 6.61 Å². The van der Waals surface area contributed by atoms with Crippen molar-refractivity contribution in [2.45, 2.75) is 45.6 Å². The monoisotopic (exact) mass is 319 g/mol. The van der Waals surface area contributed by atoms with Crippen molar-refractivity contribution < 1.29 is 10.2 Å². The summed E-state index contributed by atoms with van der Waals surface area (Å²) in [6, 6.07) is 2.05. The highest BCUT2D eigenvalue weighted by Crippen LogP contribution is 2.37. The summed E-state index contributed by atoms with van der Waals surface area (Å²) in [5.74, 6) is 0. The lowest BCUT2D eigenvalue weighted by molar-refractivity contribution is -0.0351. The molecule has 2 aromatic rings. The smallest absolute Gasteiger partial charge is 0.200 e. The van der Waals surface area contributed by atoms with Crippen LogP contribution in [0.4, 0.5) is 5.69 Å². The maximum Gasteiger partial charge on any atom is 0.200 e. The molecule has 2 N–H and O–H groups in total. The molecule has 0 unspecified atom stereocenters. The molecule has 0 spiro atoms. The number of aromatic nitrogens is 4. The lowest BCUT2D eigenvalue weighted by Gasteiger charge is -2.46. The summed E-state index contributed by atoms with van der Waals surface area (Å²) in [4.78, 5) is 2.21. The Labute approximate surface area is 136 Å². The van der Waals surface area contributed by atoms with Crippen LogP contribution >= 0.6 is 0 Å². The maximum atomic E-state index is 10.5. The fourth-order valence-electron chi connectivity index (χ4n) is 3.60. The van der Waals surface area contributed by atoms with Gasteiger partial charge < -0.3 is 15.1 Å². The van der Waals surface area contributed by atoms with Gasteiger partial charge in [0.05, 0.1) is 24.1 Å². The molecular formula is C16H25N5O2. The second-order valence-corrected chi connectivity index (χ2v) is 6.47. The number of hydrogen-bond acceptors (Lipinski definition) is 6. The van der Waals surface area contributed by atoms with E-state index in [0.717, 1.165) is 42.8 Å². The molecule has 0 radical (unpaired) electrons. The molecule has 2 aromatic heterocycles. The highest BCUT2D eigenvalue weighted by atomic mass is 16.3. The van der Waals surface area contributed by atoms with Gasteiger partial charge in [-0.1, -0.05) is 20.3 Å². The van der Waals surface area contributed by atoms with Crippen LogP contribution in [0.15, 0.2) is 12.4 Å². The number of fused-ring (bicyclic) bond motifs is 1. The molecule has 1 aliphatic rings. The van der Waals surface area contributed by atoms with Crippen LogP contribution in [0.2, 0.25) is 0 Å². The zero-order valence-electron chi connectivity index (χ0n) is 13.8. The summed E-state index contributed by atoms with van der Waals surface area (Å²) in [5.41, 5.74) is 2.21. The molecule has 1 saturated heterocycles. The fourth-order valence-corrected chi connectivity index (χ4v) is 3.60. The van der Waals surface area contributed by atoms with Crippen molar-refractivity contribution in [1.82, 2.24) is 19.8 Å². The number of hydrogen-bond donors (Lipinski definition) is 2. The zero-order chi connectivity index (χ0) is 16.4. The highest BCUT2D eigenvalue weighted by Gasteiger charge is 2.42. The summed E-state index contributed by atoms with van der Waals surface area (Å²) in [5, 5.41) is 33.0. The van der Waals surface area contributed by atoms with Gasteiger partial charge in [0.15, 0.2) is 0 Å². The fraction of sp³-hybridized carbons (Fsp3) is 0.688. The molecule has 1 aliphatic heterocycles. The van der Waals surface area contributed by atoms with Gasteiger partial charge in [-0.25, -0.2) is 0 Å². The number of nitrogens with zero attached hydrogens (tertiary/aromatic N) is 5. The standard InChI is InChI=1S/C16H25N5O2/c1-3-6-16(10-22)9-20(7-5-14(16)23)13-8-12(4-2)19-21-11-17-18-15(13)21/h8,11,14,22-23H,3-7,9-10H2,1-2H3/t14-,16-/m0/s1. The third-order valence-electron chi connectivity index (χ3n) is 4.95. The minimum absolute atomic E-state index is 0.00674. The van der Waals surface area contributed by atoms with E-state index in [1.54, 1.807) is 10.8 Å². The second kappa shape index (κ2) is 6.41. The molecule has 7 heteroatoms. The van der Waals surface area contributed by atoms with Crippen molar-refractivity contribution in [2.24, 2.45) is 5.41 Å². The van der Waals surface area contributed by atoms with E-state index < -0.39 is 11.5 Å². The van der Waals surface area contributed by atoms with Crippen LogP contribution in [-0.2, 0) is 6.42 Å². The van der Waals surface area contributed by atoms with Crippen molar-refractivity contribution in [3.05, 3.63) is 18.1 Å². The third-order valence-corrected chi connectivity index (χ3v) is 4.95. The Morgan fingerprint density at radius 3 is 2.91 bits per heavy atom. The van der Waals surface area contributed by atoms with Crippen LogP contribution < -0.4 is 4.90 Å². The Kier molecular flexibility index (Phi) is 4.50. The highest BCUT2D eigenvalue weighted by molar-refractivity contribution is 5.68. The van der Waals surface area contributed by atoms with Gasteiger partial charge in [0.1, 0.15) is 6.33 Å². The normalized spacial score (nSPS) is 25.2. The van der Waals surface area contributed by atoms with E-state index in [0.29, 0.717) is 13.0 Å². The SMILES string of the molecule is CCC[C@@]1(CO)CN(c2cc(CC)nn3cnnc23)CC[C@@H]1O. The Balaban J connectivity index is 2.00. The summed E-state index contributed by atoms with van der Waals surface area (Å²) >= 11 is 0. The number of aryl methyl sites for hydroxylation is 1. The van der Waals surface area contributed by atoms with Gasteiger partial charge in [-0.05, 0) is 25.3 Å². The molecule has 0 amide bonds. The molecule has 7 nitrogen and oxygen atoms in total. The van der Waals surface area contributed by atoms with Crippen molar-refractivity contribution in [3.63, 3.8) is 0 Å². The Morgan fingerprint density at radius 2 is 2.22 bits per heavy atom. The molecule has 0 aromatic carbocycles. The summed E-state index contributed by atoms with van der Waals surface area (Å²) in [6.45, 7) is 5.50. The average molecular weight is 319 g/mol. The van der Waals surface area contributed by atoms with Gasteiger partial charge in [-0.2, -0.15) is 9.61 Å². The molecule has 0 saturated carbocycles. The molecule has 0 aliphatic carbocycles. The van der Waals surface area contributed by atoms with E-state index in [1.165, 1.54) is 0 Å². The van der Waals surface area contributed by atoms with Crippen LogP contribution in [-0.4, -0.2) is 55.8 Å². The van der Waals surface area contributed by atoms with Crippen molar-refractivity contribution in [1.29, 1.82) is 0 Å². The van der Waals surface area contributed by atoms with Gasteiger partial charge in [0.25, 0.3) is 0 Å². The molecule has 0 bridgehead atoms. The summed E-state index contributed by atoms with van der Waals surface area (Å²) in [6.07, 6.45) is 4.35. The van der Waals surface area contributed by atoms with Crippen LogP contribution in [0.5, 0.6) is 0 Å². The number of rotatable bonds is 5. The predicted molar refractivity (Wildman–Crippen MR) is 87.4 cm³/mol. The summed E-state index contributed by atoms with van der Waals surface area (Å²) in [7, 11) is 0. The van der Waals surface area contributed by atoms with Crippen molar-refractivity contribution in [2.75, 3.05) is 24.6 Å². The Morgan fingerprint density at radius 1 is 1.39 bits per heavy atom. The zero-order valence-corrected chi connectivity index (χ0v) is 13.8. The topological polar surface area (TPSA) is 86.8 Å². The van der Waals surface area contributed by atoms with Gasteiger partial charge in [0.2, 0.25) is 5.65 Å². The number of aliphatic hydroxyl groups excluding tert-OH is 2. The Bertz CT molecular complexity index is 674. The van der Waals surface area contributed by atoms with Crippen LogP contribution in [0.1, 0.15) is 38.8 Å². The van der Waals surface area contributed by atoms with E-state index in [4.69, 9.17) is 0 Å². The van der Waals surface area contributed by atoms with Gasteiger partial charge in [-0.3, -0.25) is 0 Å². The first-order valence-corrected chi connectivity index (χ1v) is 8.37. The van der Waals surface area contributed by atoms with E-state index >= 15 is 0 Å². The first-order valence-electron chi connectivity index (χ1n) is 8.37. The number of anilines is 1. The molecule has 3 heterocycles. The van der Waals surface area contributed by atoms with Gasteiger partial charge in [0, 0.05) is 18.5 Å². The van der Waals surface area contributed by atoms with Crippen LogP contribution in [0, 0.1) is 5.41 Å². The van der Waals surface area contributed by atoms with Crippen molar-refractivity contribution in [3.8, 4) is 0 Å². The van der Waals surface area contributed by atoms with Crippen LogP contribution in [0.3, 0.4) is 0 Å². The van der Waals surface area contributed by atoms with Crippen LogP contribution in [0.25, 0.3) is 5.65 Å². The van der Waals surface area contributed by atoms with E-state index in [1.807, 2.05) is 0 Å². The molecule has 3 rings (SSSR count). The first kappa shape index (κ1) is 16.1. The summed E-state index contributed by atoms with van der Waals surface area (Å²) < 4.78 is 1.71. The second-order valence-electron chi connectivity index (χ2n) is 6.47. The van der Waals surface area contributed by atoms with Gasteiger partial charge >= 0.3 is 0 Å². The minimum atomic E-state index is -0.473. The lowest BCUT2D eigenvalue weighted by Crippen LogP contribution is -2.54. The molecule has 23 heavy (non-hydrogen) atoms. The molecular weight excluding hydrogens is 294 g/mol. The van der Waals surface area contributed by atoms with E-state index in [9.17, 15) is 10.2 Å². The predicted octanol–water partition coefficient (Wildman–Crippen LogP) is 1.04. The lowest BCUT2D eigenvalue weighted by atomic mass is 9.74. The largest absolute Gasteiger partial charge is 0.396 e. The molecule has 2 atom stereocenters. The molecule has 1 fully saturated rings. The average Bonchev–Trinajstić information content (AvgIpc) is 3.04. The van der Waals surface area contributed by atoms with Gasteiger partial charge in [-0.15, -0.1) is 10.2 Å². The number of piperidine rings is 1. The van der Waals surface area contributed by atoms with E-state index in [2.05, 4.69) is 40.1 Å². The number of aliphatic hydroxyl groups is 2. The quantitative estimate of drug-likeness (QED) is 0.856. The molecule has 126 valence electrons. The maximum absolute atomic E-state index is 10.5. The van der Waals surface area contributed by atoms with Crippen molar-refractivity contribution >= 4 is 11.3 Å². The minimum Gasteiger partial charge on any atom is -0.396 e. The first-order chi connectivity index (χ1) is 11.1. The Hall–Kier alpha value is -1.73.